The Morgan fingerprint density at radius 2 is 2.04 bits per heavy atom. The summed E-state index contributed by atoms with van der Waals surface area (Å²) < 4.78 is 7.32. The predicted molar refractivity (Wildman–Crippen MR) is 125 cm³/mol. The van der Waals surface area contributed by atoms with E-state index in [1.165, 1.54) is 5.69 Å². The van der Waals surface area contributed by atoms with Crippen LogP contribution in [0.3, 0.4) is 0 Å². The van der Waals surface area contributed by atoms with Crippen molar-refractivity contribution in [1.82, 2.24) is 20.0 Å². The summed E-state index contributed by atoms with van der Waals surface area (Å²) in [4.78, 5) is 9.20. The molecule has 1 N–H and O–H groups in total. The highest BCUT2D eigenvalue weighted by Gasteiger charge is 2.20. The number of aromatic nitrogens is 2. The van der Waals surface area contributed by atoms with Crippen LogP contribution in [0.2, 0.25) is 0 Å². The Hall–Kier alpha value is -1.97. The third-order valence-electron chi connectivity index (χ3n) is 4.88. The highest BCUT2D eigenvalue weighted by molar-refractivity contribution is 14.0. The van der Waals surface area contributed by atoms with Crippen LogP contribution in [0.1, 0.15) is 6.92 Å². The molecular weight excluding hydrogens is 467 g/mol. The summed E-state index contributed by atoms with van der Waals surface area (Å²) in [5, 5.41) is 7.80. The fourth-order valence-corrected chi connectivity index (χ4v) is 3.37. The maximum Gasteiger partial charge on any atom is 0.193 e. The van der Waals surface area contributed by atoms with Crippen LogP contribution in [0.4, 0.5) is 5.69 Å². The Labute approximate surface area is 184 Å². The molecule has 1 aromatic carbocycles. The van der Waals surface area contributed by atoms with Gasteiger partial charge in [-0.15, -0.1) is 24.0 Å². The highest BCUT2D eigenvalue weighted by atomic mass is 127. The second-order valence-corrected chi connectivity index (χ2v) is 6.94. The van der Waals surface area contributed by atoms with Crippen molar-refractivity contribution in [1.29, 1.82) is 0 Å². The van der Waals surface area contributed by atoms with Gasteiger partial charge in [-0.25, -0.2) is 0 Å². The van der Waals surface area contributed by atoms with Gasteiger partial charge in [0.15, 0.2) is 5.96 Å². The summed E-state index contributed by atoms with van der Waals surface area (Å²) in [6.45, 7) is 7.84. The van der Waals surface area contributed by atoms with Gasteiger partial charge in [-0.1, -0.05) is 13.0 Å². The molecule has 2 aromatic rings. The average Bonchev–Trinajstić information content (AvgIpc) is 3.22. The SMILES string of the molecule is CN=C(NCC(C)Cn1cccn1)N1CCN(c2cccc(OC)c2)CC1.I. The highest BCUT2D eigenvalue weighted by Crippen LogP contribution is 2.22. The Bertz CT molecular complexity index is 728. The summed E-state index contributed by atoms with van der Waals surface area (Å²) in [7, 11) is 3.56. The van der Waals surface area contributed by atoms with Crippen molar-refractivity contribution in [3.8, 4) is 5.75 Å². The minimum absolute atomic E-state index is 0. The van der Waals surface area contributed by atoms with E-state index in [4.69, 9.17) is 4.74 Å². The number of guanidine groups is 1. The molecule has 1 aliphatic rings. The van der Waals surface area contributed by atoms with Crippen LogP contribution in [0.25, 0.3) is 0 Å². The van der Waals surface area contributed by atoms with E-state index in [2.05, 4.69) is 44.3 Å². The van der Waals surface area contributed by atoms with Crippen LogP contribution in [0.15, 0.2) is 47.7 Å². The fourth-order valence-electron chi connectivity index (χ4n) is 3.37. The summed E-state index contributed by atoms with van der Waals surface area (Å²) in [6.07, 6.45) is 3.82. The molecule has 1 saturated heterocycles. The van der Waals surface area contributed by atoms with E-state index >= 15 is 0 Å². The fraction of sp³-hybridized carbons (Fsp3) is 0.500. The van der Waals surface area contributed by atoms with Crippen molar-refractivity contribution in [3.63, 3.8) is 0 Å². The number of anilines is 1. The summed E-state index contributed by atoms with van der Waals surface area (Å²) in [5.74, 6) is 2.35. The van der Waals surface area contributed by atoms with Crippen LogP contribution in [-0.2, 0) is 6.54 Å². The molecule has 28 heavy (non-hydrogen) atoms. The minimum atomic E-state index is 0. The van der Waals surface area contributed by atoms with Gasteiger partial charge >= 0.3 is 0 Å². The summed E-state index contributed by atoms with van der Waals surface area (Å²) in [6, 6.07) is 10.2. The van der Waals surface area contributed by atoms with Gasteiger partial charge in [0.05, 0.1) is 7.11 Å². The number of aliphatic imine (C=N–C) groups is 1. The van der Waals surface area contributed by atoms with E-state index in [0.717, 1.165) is 51.0 Å². The zero-order valence-corrected chi connectivity index (χ0v) is 19.2. The van der Waals surface area contributed by atoms with Crippen molar-refractivity contribution < 1.29 is 4.74 Å². The molecule has 0 saturated carbocycles. The third-order valence-corrected chi connectivity index (χ3v) is 4.88. The zero-order chi connectivity index (χ0) is 19.1. The number of rotatable bonds is 6. The Balaban J connectivity index is 0.00000280. The van der Waals surface area contributed by atoms with Crippen LogP contribution < -0.4 is 15.0 Å². The van der Waals surface area contributed by atoms with Crippen molar-refractivity contribution in [2.75, 3.05) is 51.8 Å². The lowest BCUT2D eigenvalue weighted by molar-refractivity contribution is 0.363. The molecule has 1 fully saturated rings. The van der Waals surface area contributed by atoms with E-state index in [1.54, 1.807) is 7.11 Å². The third kappa shape index (κ3) is 6.02. The van der Waals surface area contributed by atoms with Gasteiger partial charge in [-0.05, 0) is 24.1 Å². The molecule has 2 heterocycles. The van der Waals surface area contributed by atoms with Gasteiger partial charge in [-0.3, -0.25) is 9.67 Å². The molecule has 8 heteroatoms. The molecular formula is C20H31IN6O. The molecule has 1 atom stereocenters. The smallest absolute Gasteiger partial charge is 0.193 e. The van der Waals surface area contributed by atoms with Crippen LogP contribution in [0.5, 0.6) is 5.75 Å². The Kier molecular flexibility index (Phi) is 8.88. The number of hydrogen-bond donors (Lipinski definition) is 1. The molecule has 0 spiro atoms. The molecule has 154 valence electrons. The predicted octanol–water partition coefficient (Wildman–Crippen LogP) is 2.54. The normalized spacial score (nSPS) is 15.8. The topological polar surface area (TPSA) is 57.9 Å². The first-order valence-corrected chi connectivity index (χ1v) is 9.51. The van der Waals surface area contributed by atoms with Gasteiger partial charge in [0.2, 0.25) is 0 Å². The van der Waals surface area contributed by atoms with Crippen molar-refractivity contribution in [2.24, 2.45) is 10.9 Å². The van der Waals surface area contributed by atoms with Gasteiger partial charge < -0.3 is 19.9 Å². The number of hydrogen-bond acceptors (Lipinski definition) is 4. The number of ether oxygens (including phenoxy) is 1. The summed E-state index contributed by atoms with van der Waals surface area (Å²) in [5.41, 5.74) is 1.21. The maximum atomic E-state index is 5.34. The molecule has 1 aromatic heterocycles. The van der Waals surface area contributed by atoms with Crippen LogP contribution >= 0.6 is 24.0 Å². The molecule has 0 aliphatic carbocycles. The molecule has 3 rings (SSSR count). The second kappa shape index (κ2) is 11.1. The number of piperazine rings is 1. The Morgan fingerprint density at radius 3 is 2.68 bits per heavy atom. The molecule has 0 bridgehead atoms. The second-order valence-electron chi connectivity index (χ2n) is 6.94. The zero-order valence-electron chi connectivity index (χ0n) is 16.9. The number of methoxy groups -OCH3 is 1. The lowest BCUT2D eigenvalue weighted by atomic mass is 10.2. The van der Waals surface area contributed by atoms with E-state index in [9.17, 15) is 0 Å². The van der Waals surface area contributed by atoms with Crippen molar-refractivity contribution in [3.05, 3.63) is 42.7 Å². The molecule has 1 aliphatic heterocycles. The van der Waals surface area contributed by atoms with Gasteiger partial charge in [0, 0.05) is 70.5 Å². The number of nitrogens with zero attached hydrogens (tertiary/aromatic N) is 5. The van der Waals surface area contributed by atoms with E-state index in [1.807, 2.05) is 42.3 Å². The van der Waals surface area contributed by atoms with Crippen LogP contribution in [0, 0.1) is 5.92 Å². The largest absolute Gasteiger partial charge is 0.497 e. The number of benzene rings is 1. The monoisotopic (exact) mass is 498 g/mol. The van der Waals surface area contributed by atoms with Gasteiger partial charge in [-0.2, -0.15) is 5.10 Å². The quantitative estimate of drug-likeness (QED) is 0.377. The van der Waals surface area contributed by atoms with E-state index in [0.29, 0.717) is 5.92 Å². The van der Waals surface area contributed by atoms with Gasteiger partial charge in [0.25, 0.3) is 0 Å². The van der Waals surface area contributed by atoms with E-state index < -0.39 is 0 Å². The maximum absolute atomic E-state index is 5.34. The number of nitrogens with one attached hydrogen (secondary N) is 1. The lowest BCUT2D eigenvalue weighted by Gasteiger charge is -2.38. The van der Waals surface area contributed by atoms with Crippen molar-refractivity contribution in [2.45, 2.75) is 13.5 Å². The molecule has 7 nitrogen and oxygen atoms in total. The lowest BCUT2D eigenvalue weighted by Crippen LogP contribution is -2.53. The standard InChI is InChI=1S/C20H30N6O.HI/c1-17(16-26-9-5-8-23-26)15-22-20(21-2)25-12-10-24(11-13-25)18-6-4-7-19(14-18)27-3;/h4-9,14,17H,10-13,15-16H2,1-3H3,(H,21,22);1H. The number of halogens is 1. The molecule has 1 unspecified atom stereocenters. The minimum Gasteiger partial charge on any atom is -0.497 e. The van der Waals surface area contributed by atoms with E-state index in [-0.39, 0.29) is 24.0 Å². The average molecular weight is 498 g/mol. The molecule has 0 radical (unpaired) electrons. The first kappa shape index (κ1) is 22.3. The van der Waals surface area contributed by atoms with Gasteiger partial charge in [0.1, 0.15) is 5.75 Å². The van der Waals surface area contributed by atoms with Crippen LogP contribution in [-0.4, -0.2) is 67.5 Å². The molecule has 0 amide bonds. The Morgan fingerprint density at radius 1 is 1.25 bits per heavy atom. The summed E-state index contributed by atoms with van der Waals surface area (Å²) >= 11 is 0. The van der Waals surface area contributed by atoms with Crippen molar-refractivity contribution >= 4 is 35.6 Å². The first-order chi connectivity index (χ1) is 13.2. The first-order valence-electron chi connectivity index (χ1n) is 9.51.